The van der Waals surface area contributed by atoms with Crippen LogP contribution >= 0.6 is 0 Å². The molecule has 0 radical (unpaired) electrons. The fourth-order valence-corrected chi connectivity index (χ4v) is 3.08. The van der Waals surface area contributed by atoms with Crippen molar-refractivity contribution in [2.24, 2.45) is 0 Å². The Hall–Kier alpha value is -2.06. The minimum absolute atomic E-state index is 1.06. The normalized spacial score (nSPS) is 16.3. The molecule has 1 heterocycles. The van der Waals surface area contributed by atoms with Crippen LogP contribution < -0.4 is 4.90 Å². The molecule has 1 saturated heterocycles. The highest BCUT2D eigenvalue weighted by atomic mass is 15.3. The van der Waals surface area contributed by atoms with E-state index >= 15 is 0 Å². The Morgan fingerprint density at radius 3 is 2.27 bits per heavy atom. The summed E-state index contributed by atoms with van der Waals surface area (Å²) < 4.78 is 0. The maximum Gasteiger partial charge on any atom is 0.0440 e. The fourth-order valence-electron chi connectivity index (χ4n) is 3.08. The zero-order valence-corrected chi connectivity index (χ0v) is 13.3. The van der Waals surface area contributed by atoms with E-state index in [1.54, 1.807) is 0 Å². The smallest absolute Gasteiger partial charge is 0.0440 e. The predicted octanol–water partition coefficient (Wildman–Crippen LogP) is 4.04. The summed E-state index contributed by atoms with van der Waals surface area (Å²) in [5, 5.41) is 0. The van der Waals surface area contributed by atoms with E-state index in [4.69, 9.17) is 0 Å². The minimum Gasteiger partial charge on any atom is -0.368 e. The van der Waals surface area contributed by atoms with Gasteiger partial charge in [0.15, 0.2) is 0 Å². The van der Waals surface area contributed by atoms with Gasteiger partial charge in [-0.2, -0.15) is 0 Å². The van der Waals surface area contributed by atoms with Crippen LogP contribution in [0.15, 0.2) is 60.7 Å². The minimum atomic E-state index is 1.06. The molecule has 1 fully saturated rings. The van der Waals surface area contributed by atoms with E-state index in [0.717, 1.165) is 32.7 Å². The van der Waals surface area contributed by atoms with Crippen LogP contribution in [0.3, 0.4) is 0 Å². The molecule has 0 bridgehead atoms. The molecular weight excluding hydrogens is 268 g/mol. The first-order chi connectivity index (χ1) is 10.9. The highest BCUT2D eigenvalue weighted by molar-refractivity contribution is 5.67. The molecular formula is C20H24N2. The van der Waals surface area contributed by atoms with Gasteiger partial charge in [-0.15, -0.1) is 0 Å². The van der Waals surface area contributed by atoms with Crippen molar-refractivity contribution in [1.82, 2.24) is 4.90 Å². The maximum atomic E-state index is 2.55. The van der Waals surface area contributed by atoms with E-state index in [-0.39, 0.29) is 0 Å². The number of nitrogens with zero attached hydrogens (tertiary/aromatic N) is 2. The summed E-state index contributed by atoms with van der Waals surface area (Å²) in [6.45, 7) is 7.58. The second kappa shape index (κ2) is 7.28. The predicted molar refractivity (Wildman–Crippen MR) is 95.1 cm³/mol. The van der Waals surface area contributed by atoms with Gasteiger partial charge >= 0.3 is 0 Å². The molecule has 2 aromatic rings. The lowest BCUT2D eigenvalue weighted by Gasteiger charge is -2.36. The average Bonchev–Trinajstić information content (AvgIpc) is 2.58. The number of para-hydroxylation sites is 1. The molecule has 0 spiro atoms. The van der Waals surface area contributed by atoms with Gasteiger partial charge in [0, 0.05) is 38.4 Å². The number of benzene rings is 2. The monoisotopic (exact) mass is 292 g/mol. The lowest BCUT2D eigenvalue weighted by molar-refractivity contribution is 0.250. The van der Waals surface area contributed by atoms with Crippen LogP contribution in [0, 0.1) is 0 Å². The summed E-state index contributed by atoms with van der Waals surface area (Å²) in [5.74, 6) is 0. The standard InChI is InChI=1S/C20H24N2/c1-2-8-19-11-6-7-12-20(19)22-15-13-21(14-16-22)17-18-9-4-3-5-10-18/h2-12H,13-17H2,1H3/b8-2+. The Labute approximate surface area is 133 Å². The molecule has 114 valence electrons. The first-order valence-corrected chi connectivity index (χ1v) is 8.10. The Morgan fingerprint density at radius 1 is 0.864 bits per heavy atom. The Balaban J connectivity index is 1.62. The molecule has 22 heavy (non-hydrogen) atoms. The highest BCUT2D eigenvalue weighted by Gasteiger charge is 2.18. The van der Waals surface area contributed by atoms with Crippen molar-refractivity contribution in [1.29, 1.82) is 0 Å². The molecule has 2 nitrogen and oxygen atoms in total. The molecule has 2 heteroatoms. The van der Waals surface area contributed by atoms with Crippen molar-refractivity contribution in [3.05, 3.63) is 71.8 Å². The van der Waals surface area contributed by atoms with Crippen molar-refractivity contribution in [2.45, 2.75) is 13.5 Å². The Bertz CT molecular complexity index is 611. The number of hydrogen-bond acceptors (Lipinski definition) is 2. The zero-order chi connectivity index (χ0) is 15.2. The van der Waals surface area contributed by atoms with E-state index in [1.807, 2.05) is 0 Å². The molecule has 1 aliphatic heterocycles. The topological polar surface area (TPSA) is 6.48 Å². The first kappa shape index (κ1) is 14.9. The van der Waals surface area contributed by atoms with E-state index in [2.05, 4.69) is 83.5 Å². The van der Waals surface area contributed by atoms with Gasteiger partial charge in [0.05, 0.1) is 0 Å². The van der Waals surface area contributed by atoms with Crippen molar-refractivity contribution in [2.75, 3.05) is 31.1 Å². The summed E-state index contributed by atoms with van der Waals surface area (Å²) in [7, 11) is 0. The van der Waals surface area contributed by atoms with Gasteiger partial charge in [-0.25, -0.2) is 0 Å². The van der Waals surface area contributed by atoms with Crippen LogP contribution in [0.4, 0.5) is 5.69 Å². The quantitative estimate of drug-likeness (QED) is 0.839. The molecule has 0 aliphatic carbocycles. The number of allylic oxidation sites excluding steroid dienone is 1. The summed E-state index contributed by atoms with van der Waals surface area (Å²) in [4.78, 5) is 5.06. The van der Waals surface area contributed by atoms with Gasteiger partial charge in [0.25, 0.3) is 0 Å². The third-order valence-electron chi connectivity index (χ3n) is 4.24. The van der Waals surface area contributed by atoms with Crippen LogP contribution in [0.2, 0.25) is 0 Å². The largest absolute Gasteiger partial charge is 0.368 e. The van der Waals surface area contributed by atoms with E-state index < -0.39 is 0 Å². The van der Waals surface area contributed by atoms with Crippen LogP contribution in [0.5, 0.6) is 0 Å². The van der Waals surface area contributed by atoms with Gasteiger partial charge in [-0.1, -0.05) is 60.7 Å². The number of piperazine rings is 1. The number of anilines is 1. The SMILES string of the molecule is C/C=C/c1ccccc1N1CCN(Cc2ccccc2)CC1. The Kier molecular flexibility index (Phi) is 4.92. The first-order valence-electron chi connectivity index (χ1n) is 8.10. The van der Waals surface area contributed by atoms with Crippen LogP contribution in [0.1, 0.15) is 18.1 Å². The zero-order valence-electron chi connectivity index (χ0n) is 13.3. The van der Waals surface area contributed by atoms with E-state index in [9.17, 15) is 0 Å². The second-order valence-corrected chi connectivity index (χ2v) is 5.81. The van der Waals surface area contributed by atoms with Gasteiger partial charge in [0.1, 0.15) is 0 Å². The van der Waals surface area contributed by atoms with Crippen molar-refractivity contribution >= 4 is 11.8 Å². The van der Waals surface area contributed by atoms with Crippen molar-refractivity contribution < 1.29 is 0 Å². The molecule has 2 aromatic carbocycles. The number of hydrogen-bond donors (Lipinski definition) is 0. The maximum absolute atomic E-state index is 2.55. The van der Waals surface area contributed by atoms with Gasteiger partial charge in [-0.3, -0.25) is 4.90 Å². The molecule has 3 rings (SSSR count). The summed E-state index contributed by atoms with van der Waals surface area (Å²) in [6.07, 6.45) is 4.32. The average molecular weight is 292 g/mol. The molecule has 0 amide bonds. The second-order valence-electron chi connectivity index (χ2n) is 5.81. The van der Waals surface area contributed by atoms with Crippen molar-refractivity contribution in [3.63, 3.8) is 0 Å². The van der Waals surface area contributed by atoms with E-state index in [0.29, 0.717) is 0 Å². The lowest BCUT2D eigenvalue weighted by atomic mass is 10.1. The molecule has 0 unspecified atom stereocenters. The molecule has 0 atom stereocenters. The van der Waals surface area contributed by atoms with Crippen molar-refractivity contribution in [3.8, 4) is 0 Å². The third kappa shape index (κ3) is 3.58. The lowest BCUT2D eigenvalue weighted by Crippen LogP contribution is -2.46. The molecule has 0 N–H and O–H groups in total. The summed E-state index contributed by atoms with van der Waals surface area (Å²) in [5.41, 5.74) is 4.09. The fraction of sp³-hybridized carbons (Fsp3) is 0.300. The summed E-state index contributed by atoms with van der Waals surface area (Å²) in [6, 6.07) is 19.5. The van der Waals surface area contributed by atoms with Gasteiger partial charge in [0.2, 0.25) is 0 Å². The molecule has 0 aromatic heterocycles. The third-order valence-corrected chi connectivity index (χ3v) is 4.24. The van der Waals surface area contributed by atoms with Crippen LogP contribution in [0.25, 0.3) is 6.08 Å². The molecule has 1 aliphatic rings. The number of rotatable bonds is 4. The van der Waals surface area contributed by atoms with Crippen LogP contribution in [-0.4, -0.2) is 31.1 Å². The summed E-state index contributed by atoms with van der Waals surface area (Å²) >= 11 is 0. The highest BCUT2D eigenvalue weighted by Crippen LogP contribution is 2.23. The Morgan fingerprint density at radius 2 is 1.55 bits per heavy atom. The van der Waals surface area contributed by atoms with Gasteiger partial charge in [-0.05, 0) is 24.1 Å². The van der Waals surface area contributed by atoms with E-state index in [1.165, 1.54) is 16.8 Å². The van der Waals surface area contributed by atoms with Crippen LogP contribution in [-0.2, 0) is 6.54 Å². The van der Waals surface area contributed by atoms with Gasteiger partial charge < -0.3 is 4.90 Å². The molecule has 0 saturated carbocycles.